The summed E-state index contributed by atoms with van der Waals surface area (Å²) in [5.41, 5.74) is 0. The highest BCUT2D eigenvalue weighted by molar-refractivity contribution is 4.87. The highest BCUT2D eigenvalue weighted by atomic mass is 16.3. The fraction of sp³-hybridized carbons (Fsp3) is 1.00. The van der Waals surface area contributed by atoms with Gasteiger partial charge in [-0.15, -0.1) is 0 Å². The van der Waals surface area contributed by atoms with E-state index in [2.05, 4.69) is 24.2 Å². The molecule has 19 heavy (non-hydrogen) atoms. The molecule has 0 aromatic carbocycles. The quantitative estimate of drug-likeness (QED) is 0.774. The zero-order valence-corrected chi connectivity index (χ0v) is 12.8. The van der Waals surface area contributed by atoms with E-state index in [-0.39, 0.29) is 0 Å². The Bertz CT molecular complexity index is 259. The minimum atomic E-state index is 0.370. The average Bonchev–Trinajstić information content (AvgIpc) is 2.87. The summed E-state index contributed by atoms with van der Waals surface area (Å²) in [5.74, 6) is 2.30. The van der Waals surface area contributed by atoms with Crippen LogP contribution < -0.4 is 5.32 Å². The van der Waals surface area contributed by atoms with Crippen LogP contribution >= 0.6 is 0 Å². The summed E-state index contributed by atoms with van der Waals surface area (Å²) >= 11 is 0. The first kappa shape index (κ1) is 15.3. The number of hydrogen-bond donors (Lipinski definition) is 2. The molecule has 112 valence electrons. The molecular weight excluding hydrogens is 236 g/mol. The highest BCUT2D eigenvalue weighted by Gasteiger charge is 2.32. The van der Waals surface area contributed by atoms with Crippen LogP contribution in [0.5, 0.6) is 0 Å². The fourth-order valence-corrected chi connectivity index (χ4v) is 4.17. The highest BCUT2D eigenvalue weighted by Crippen LogP contribution is 2.33. The zero-order valence-electron chi connectivity index (χ0n) is 12.8. The molecule has 0 amide bonds. The Balaban J connectivity index is 1.84. The van der Waals surface area contributed by atoms with Crippen molar-refractivity contribution in [2.24, 2.45) is 17.8 Å². The largest absolute Gasteiger partial charge is 0.396 e. The van der Waals surface area contributed by atoms with E-state index in [1.165, 1.54) is 51.6 Å². The van der Waals surface area contributed by atoms with E-state index in [4.69, 9.17) is 0 Å². The van der Waals surface area contributed by atoms with E-state index in [1.54, 1.807) is 0 Å². The van der Waals surface area contributed by atoms with Crippen molar-refractivity contribution in [2.75, 3.05) is 33.3 Å². The minimum Gasteiger partial charge on any atom is -0.396 e. The lowest BCUT2D eigenvalue weighted by Crippen LogP contribution is -2.44. The standard InChI is InChI=1S/C16H32N2O/c1-3-4-13-5-6-16(17-2)15(9-13)11-18-8-7-14(10-18)12-19/h13-17,19H,3-12H2,1-2H3. The van der Waals surface area contributed by atoms with Crippen molar-refractivity contribution >= 4 is 0 Å². The molecule has 3 nitrogen and oxygen atoms in total. The van der Waals surface area contributed by atoms with Gasteiger partial charge in [-0.25, -0.2) is 0 Å². The van der Waals surface area contributed by atoms with Gasteiger partial charge in [0.05, 0.1) is 0 Å². The number of rotatable bonds is 6. The molecule has 4 unspecified atom stereocenters. The van der Waals surface area contributed by atoms with Crippen LogP contribution in [-0.2, 0) is 0 Å². The van der Waals surface area contributed by atoms with E-state index in [0.29, 0.717) is 18.6 Å². The Morgan fingerprint density at radius 3 is 2.68 bits per heavy atom. The topological polar surface area (TPSA) is 35.5 Å². The maximum Gasteiger partial charge on any atom is 0.0471 e. The first-order valence-corrected chi connectivity index (χ1v) is 8.27. The molecule has 1 heterocycles. The molecule has 1 saturated heterocycles. The second-order valence-corrected chi connectivity index (χ2v) is 6.72. The third-order valence-electron chi connectivity index (χ3n) is 5.28. The Morgan fingerprint density at radius 1 is 1.21 bits per heavy atom. The number of hydrogen-bond acceptors (Lipinski definition) is 3. The van der Waals surface area contributed by atoms with Gasteiger partial charge in [-0.3, -0.25) is 0 Å². The fourth-order valence-electron chi connectivity index (χ4n) is 4.17. The zero-order chi connectivity index (χ0) is 13.7. The number of aliphatic hydroxyl groups is 1. The number of nitrogens with one attached hydrogen (secondary N) is 1. The predicted molar refractivity (Wildman–Crippen MR) is 80.2 cm³/mol. The number of likely N-dealkylation sites (tertiary alicyclic amines) is 1. The first-order valence-electron chi connectivity index (χ1n) is 8.27. The van der Waals surface area contributed by atoms with Gasteiger partial charge in [-0.05, 0) is 57.0 Å². The van der Waals surface area contributed by atoms with Gasteiger partial charge in [0, 0.05) is 25.7 Å². The van der Waals surface area contributed by atoms with Crippen LogP contribution in [0.25, 0.3) is 0 Å². The van der Waals surface area contributed by atoms with E-state index in [9.17, 15) is 5.11 Å². The second-order valence-electron chi connectivity index (χ2n) is 6.72. The van der Waals surface area contributed by atoms with Gasteiger partial charge < -0.3 is 15.3 Å². The van der Waals surface area contributed by atoms with Gasteiger partial charge in [0.25, 0.3) is 0 Å². The summed E-state index contributed by atoms with van der Waals surface area (Å²) in [5, 5.41) is 12.8. The maximum absolute atomic E-state index is 9.26. The van der Waals surface area contributed by atoms with Crippen molar-refractivity contribution < 1.29 is 5.11 Å². The Kier molecular flexibility index (Phi) is 6.11. The van der Waals surface area contributed by atoms with Gasteiger partial charge >= 0.3 is 0 Å². The molecule has 2 rings (SSSR count). The van der Waals surface area contributed by atoms with Crippen LogP contribution in [0.3, 0.4) is 0 Å². The molecule has 0 aromatic rings. The number of aliphatic hydroxyl groups excluding tert-OH is 1. The monoisotopic (exact) mass is 268 g/mol. The van der Waals surface area contributed by atoms with Crippen LogP contribution in [0.15, 0.2) is 0 Å². The van der Waals surface area contributed by atoms with Crippen LogP contribution in [-0.4, -0.2) is 49.3 Å². The van der Waals surface area contributed by atoms with Gasteiger partial charge in [-0.2, -0.15) is 0 Å². The second kappa shape index (κ2) is 7.61. The third-order valence-corrected chi connectivity index (χ3v) is 5.28. The summed E-state index contributed by atoms with van der Waals surface area (Å²) in [6.45, 7) is 6.22. The van der Waals surface area contributed by atoms with E-state index in [0.717, 1.165) is 18.4 Å². The molecule has 0 radical (unpaired) electrons. The van der Waals surface area contributed by atoms with E-state index >= 15 is 0 Å². The van der Waals surface area contributed by atoms with Crippen molar-refractivity contribution in [3.05, 3.63) is 0 Å². The molecule has 0 aromatic heterocycles. The van der Waals surface area contributed by atoms with Crippen molar-refractivity contribution in [1.29, 1.82) is 0 Å². The lowest BCUT2D eigenvalue weighted by Gasteiger charge is -2.38. The molecule has 0 bridgehead atoms. The van der Waals surface area contributed by atoms with Gasteiger partial charge in [0.2, 0.25) is 0 Å². The molecule has 2 aliphatic rings. The Labute approximate surface area is 118 Å². The molecule has 4 atom stereocenters. The van der Waals surface area contributed by atoms with Crippen LogP contribution in [0, 0.1) is 17.8 Å². The molecule has 2 fully saturated rings. The average molecular weight is 268 g/mol. The molecule has 1 aliphatic heterocycles. The Hall–Kier alpha value is -0.120. The number of nitrogens with zero attached hydrogens (tertiary/aromatic N) is 1. The summed E-state index contributed by atoms with van der Waals surface area (Å²) in [4.78, 5) is 2.59. The summed E-state index contributed by atoms with van der Waals surface area (Å²) in [7, 11) is 2.12. The van der Waals surface area contributed by atoms with E-state index in [1.807, 2.05) is 0 Å². The molecular formula is C16H32N2O. The van der Waals surface area contributed by atoms with Crippen molar-refractivity contribution in [3.63, 3.8) is 0 Å². The van der Waals surface area contributed by atoms with Crippen molar-refractivity contribution in [3.8, 4) is 0 Å². The van der Waals surface area contributed by atoms with Crippen LogP contribution in [0.4, 0.5) is 0 Å². The molecule has 2 N–H and O–H groups in total. The summed E-state index contributed by atoms with van der Waals surface area (Å²) in [6.07, 6.45) is 8.09. The van der Waals surface area contributed by atoms with Gasteiger partial charge in [0.1, 0.15) is 0 Å². The molecule has 1 aliphatic carbocycles. The summed E-state index contributed by atoms with van der Waals surface area (Å²) in [6, 6.07) is 0.710. The lowest BCUT2D eigenvalue weighted by molar-refractivity contribution is 0.146. The van der Waals surface area contributed by atoms with Crippen LogP contribution in [0.2, 0.25) is 0 Å². The summed E-state index contributed by atoms with van der Waals surface area (Å²) < 4.78 is 0. The van der Waals surface area contributed by atoms with Crippen molar-refractivity contribution in [1.82, 2.24) is 10.2 Å². The molecule has 1 saturated carbocycles. The van der Waals surface area contributed by atoms with Gasteiger partial charge in [-0.1, -0.05) is 19.8 Å². The molecule has 3 heteroatoms. The van der Waals surface area contributed by atoms with E-state index < -0.39 is 0 Å². The lowest BCUT2D eigenvalue weighted by atomic mass is 9.76. The molecule has 0 spiro atoms. The SMILES string of the molecule is CCCC1CCC(NC)C(CN2CCC(CO)C2)C1. The normalized spacial score (nSPS) is 36.8. The maximum atomic E-state index is 9.26. The van der Waals surface area contributed by atoms with Gasteiger partial charge in [0.15, 0.2) is 0 Å². The van der Waals surface area contributed by atoms with Crippen LogP contribution in [0.1, 0.15) is 45.4 Å². The Morgan fingerprint density at radius 2 is 2.05 bits per heavy atom. The van der Waals surface area contributed by atoms with Crippen molar-refractivity contribution in [2.45, 2.75) is 51.5 Å². The minimum absolute atomic E-state index is 0.370. The smallest absolute Gasteiger partial charge is 0.0471 e. The third kappa shape index (κ3) is 4.17. The first-order chi connectivity index (χ1) is 9.26. The predicted octanol–water partition coefficient (Wildman–Crippen LogP) is 2.10.